The van der Waals surface area contributed by atoms with E-state index in [4.69, 9.17) is 0 Å². The van der Waals surface area contributed by atoms with Gasteiger partial charge in [0.25, 0.3) is 5.91 Å². The smallest absolute Gasteiger partial charge is 0.258 e. The molecule has 1 aliphatic carbocycles. The van der Waals surface area contributed by atoms with E-state index in [0.717, 1.165) is 50.0 Å². The Balaban J connectivity index is 1.48. The van der Waals surface area contributed by atoms with Gasteiger partial charge in [0.05, 0.1) is 5.69 Å². The van der Waals surface area contributed by atoms with Gasteiger partial charge < -0.3 is 9.80 Å². The first-order valence-corrected chi connectivity index (χ1v) is 10.3. The molecule has 2 aliphatic heterocycles. The molecule has 0 unspecified atom stereocenters. The van der Waals surface area contributed by atoms with Crippen molar-refractivity contribution in [2.45, 2.75) is 31.1 Å². The number of hydrogen-bond acceptors (Lipinski definition) is 3. The van der Waals surface area contributed by atoms with Crippen molar-refractivity contribution in [3.05, 3.63) is 52.2 Å². The standard InChI is InChI=1S/C21H22N2O2S/c24-19(15-5-6-15)22-10-8-21(9-11-22)14-23(16-7-12-26-13-16)20(25)17-3-1-2-4-18(17)21/h1-4,7,12-13,15H,5-6,8-11,14H2. The van der Waals surface area contributed by atoms with Crippen molar-refractivity contribution in [1.82, 2.24) is 4.90 Å². The quantitative estimate of drug-likeness (QED) is 0.813. The second-order valence-electron chi connectivity index (χ2n) is 7.80. The van der Waals surface area contributed by atoms with Crippen LogP contribution in [0.1, 0.15) is 41.6 Å². The number of rotatable bonds is 2. The van der Waals surface area contributed by atoms with Crippen LogP contribution in [-0.2, 0) is 10.2 Å². The number of likely N-dealkylation sites (tertiary alicyclic amines) is 1. The van der Waals surface area contributed by atoms with Crippen molar-refractivity contribution in [2.75, 3.05) is 24.5 Å². The molecule has 2 amide bonds. The summed E-state index contributed by atoms with van der Waals surface area (Å²) in [6, 6.07) is 10.1. The lowest BCUT2D eigenvalue weighted by atomic mass is 9.68. The highest BCUT2D eigenvalue weighted by Crippen LogP contribution is 2.44. The molecule has 3 heterocycles. The van der Waals surface area contributed by atoms with Gasteiger partial charge >= 0.3 is 0 Å². The number of amides is 2. The Bertz CT molecular complexity index is 849. The van der Waals surface area contributed by atoms with Gasteiger partial charge in [0.15, 0.2) is 0 Å². The average molecular weight is 366 g/mol. The predicted octanol–water partition coefficient (Wildman–Crippen LogP) is 3.68. The van der Waals surface area contributed by atoms with E-state index in [2.05, 4.69) is 11.0 Å². The van der Waals surface area contributed by atoms with Crippen LogP contribution in [0.2, 0.25) is 0 Å². The maximum absolute atomic E-state index is 13.1. The van der Waals surface area contributed by atoms with E-state index in [9.17, 15) is 9.59 Å². The lowest BCUT2D eigenvalue weighted by Gasteiger charge is -2.48. The summed E-state index contributed by atoms with van der Waals surface area (Å²) in [5, 5.41) is 4.07. The van der Waals surface area contributed by atoms with Crippen molar-refractivity contribution in [3.63, 3.8) is 0 Å². The van der Waals surface area contributed by atoms with Gasteiger partial charge in [0.1, 0.15) is 0 Å². The highest BCUT2D eigenvalue weighted by molar-refractivity contribution is 7.08. The van der Waals surface area contributed by atoms with Crippen LogP contribution in [0.15, 0.2) is 41.1 Å². The second kappa shape index (κ2) is 5.95. The van der Waals surface area contributed by atoms with Crippen molar-refractivity contribution < 1.29 is 9.59 Å². The Kier molecular flexibility index (Phi) is 3.67. The lowest BCUT2D eigenvalue weighted by Crippen LogP contribution is -2.55. The summed E-state index contributed by atoms with van der Waals surface area (Å²) in [6.07, 6.45) is 3.97. The molecular weight excluding hydrogens is 344 g/mol. The molecule has 5 rings (SSSR count). The normalized spacial score (nSPS) is 21.8. The van der Waals surface area contributed by atoms with E-state index in [1.165, 1.54) is 5.56 Å². The van der Waals surface area contributed by atoms with Gasteiger partial charge in [-0.25, -0.2) is 0 Å². The van der Waals surface area contributed by atoms with Crippen molar-refractivity contribution in [2.24, 2.45) is 5.92 Å². The third kappa shape index (κ3) is 2.49. The van der Waals surface area contributed by atoms with Gasteiger partial charge in [-0.3, -0.25) is 9.59 Å². The summed E-state index contributed by atoms with van der Waals surface area (Å²) in [5.74, 6) is 0.724. The fourth-order valence-corrected chi connectivity index (χ4v) is 5.17. The molecule has 1 aromatic carbocycles. The van der Waals surface area contributed by atoms with E-state index in [-0.39, 0.29) is 17.2 Å². The number of hydrogen-bond donors (Lipinski definition) is 0. The highest BCUT2D eigenvalue weighted by atomic mass is 32.1. The van der Waals surface area contributed by atoms with E-state index in [1.807, 2.05) is 39.9 Å². The van der Waals surface area contributed by atoms with E-state index in [0.29, 0.717) is 12.5 Å². The summed E-state index contributed by atoms with van der Waals surface area (Å²) in [6.45, 7) is 2.32. The van der Waals surface area contributed by atoms with E-state index >= 15 is 0 Å². The predicted molar refractivity (Wildman–Crippen MR) is 103 cm³/mol. The van der Waals surface area contributed by atoms with Crippen LogP contribution in [0.5, 0.6) is 0 Å². The number of thiophene rings is 1. The zero-order chi connectivity index (χ0) is 17.7. The average Bonchev–Trinajstić information content (AvgIpc) is 3.39. The van der Waals surface area contributed by atoms with Crippen LogP contribution in [0, 0.1) is 5.92 Å². The SMILES string of the molecule is O=C(C1CC1)N1CCC2(CC1)CN(c1ccsc1)C(=O)c1ccccc12. The number of benzene rings is 1. The Morgan fingerprint density at radius 2 is 1.88 bits per heavy atom. The Morgan fingerprint density at radius 1 is 1.12 bits per heavy atom. The first-order chi connectivity index (χ1) is 12.7. The molecule has 0 bridgehead atoms. The Labute approximate surface area is 157 Å². The summed E-state index contributed by atoms with van der Waals surface area (Å²) < 4.78 is 0. The van der Waals surface area contributed by atoms with Gasteiger partial charge in [0.2, 0.25) is 5.91 Å². The van der Waals surface area contributed by atoms with Crippen LogP contribution in [-0.4, -0.2) is 36.3 Å². The topological polar surface area (TPSA) is 40.6 Å². The molecule has 0 radical (unpaired) electrons. The Hall–Kier alpha value is -2.14. The van der Waals surface area contributed by atoms with Crippen molar-refractivity contribution >= 4 is 28.8 Å². The van der Waals surface area contributed by atoms with Crippen LogP contribution in [0.25, 0.3) is 0 Å². The molecule has 5 heteroatoms. The molecule has 1 aromatic heterocycles. The van der Waals surface area contributed by atoms with Gasteiger partial charge in [-0.1, -0.05) is 18.2 Å². The third-order valence-electron chi connectivity index (χ3n) is 6.21. The molecule has 0 N–H and O–H groups in total. The molecule has 1 saturated carbocycles. The third-order valence-corrected chi connectivity index (χ3v) is 6.88. The molecule has 1 spiro atoms. The molecule has 3 aliphatic rings. The summed E-state index contributed by atoms with van der Waals surface area (Å²) in [4.78, 5) is 29.5. The van der Waals surface area contributed by atoms with Crippen molar-refractivity contribution in [3.8, 4) is 0 Å². The van der Waals surface area contributed by atoms with E-state index < -0.39 is 0 Å². The van der Waals surface area contributed by atoms with Gasteiger partial charge in [-0.05, 0) is 48.8 Å². The van der Waals surface area contributed by atoms with Gasteiger partial charge in [-0.2, -0.15) is 11.3 Å². The monoisotopic (exact) mass is 366 g/mol. The number of carbonyl (C=O) groups is 2. The highest BCUT2D eigenvalue weighted by Gasteiger charge is 2.46. The largest absolute Gasteiger partial charge is 0.342 e. The first kappa shape index (κ1) is 16.1. The summed E-state index contributed by atoms with van der Waals surface area (Å²) in [5.41, 5.74) is 2.94. The Morgan fingerprint density at radius 3 is 2.58 bits per heavy atom. The fourth-order valence-electron chi connectivity index (χ4n) is 4.53. The van der Waals surface area contributed by atoms with Crippen LogP contribution >= 0.6 is 11.3 Å². The maximum atomic E-state index is 13.1. The van der Waals surface area contributed by atoms with Crippen molar-refractivity contribution in [1.29, 1.82) is 0 Å². The van der Waals surface area contributed by atoms with Crippen LogP contribution in [0.3, 0.4) is 0 Å². The van der Waals surface area contributed by atoms with Gasteiger partial charge in [-0.15, -0.1) is 0 Å². The zero-order valence-corrected chi connectivity index (χ0v) is 15.5. The summed E-state index contributed by atoms with van der Waals surface area (Å²) in [7, 11) is 0. The van der Waals surface area contributed by atoms with Crippen LogP contribution in [0.4, 0.5) is 5.69 Å². The van der Waals surface area contributed by atoms with E-state index in [1.54, 1.807) is 11.3 Å². The number of carbonyl (C=O) groups excluding carboxylic acids is 2. The number of fused-ring (bicyclic) bond motifs is 2. The number of anilines is 1. The molecule has 0 atom stereocenters. The number of piperidine rings is 1. The maximum Gasteiger partial charge on any atom is 0.258 e. The second-order valence-corrected chi connectivity index (χ2v) is 8.58. The minimum atomic E-state index is -0.0488. The summed E-state index contributed by atoms with van der Waals surface area (Å²) >= 11 is 1.62. The molecule has 26 heavy (non-hydrogen) atoms. The first-order valence-electron chi connectivity index (χ1n) is 9.40. The zero-order valence-electron chi connectivity index (χ0n) is 14.7. The molecule has 4 nitrogen and oxygen atoms in total. The molecule has 2 fully saturated rings. The molecule has 1 saturated heterocycles. The molecule has 134 valence electrons. The van der Waals surface area contributed by atoms with Crippen LogP contribution < -0.4 is 4.90 Å². The molecule has 2 aromatic rings. The minimum Gasteiger partial charge on any atom is -0.342 e. The molecular formula is C21H22N2O2S. The fraction of sp³-hybridized carbons (Fsp3) is 0.429. The number of nitrogens with zero attached hydrogens (tertiary/aromatic N) is 2. The van der Waals surface area contributed by atoms with Gasteiger partial charge in [0, 0.05) is 41.9 Å². The minimum absolute atomic E-state index is 0.0488. The lowest BCUT2D eigenvalue weighted by molar-refractivity contribution is -0.134.